The molecule has 9 heteroatoms. The first-order chi connectivity index (χ1) is 9.19. The second-order valence-electron chi connectivity index (χ2n) is 4.46. The van der Waals surface area contributed by atoms with Crippen molar-refractivity contribution in [3.63, 3.8) is 0 Å². The van der Waals surface area contributed by atoms with E-state index in [1.165, 1.54) is 6.20 Å². The minimum absolute atomic E-state index is 0.290. The Kier molecular flexibility index (Phi) is 6.06. The summed E-state index contributed by atoms with van der Waals surface area (Å²) in [6, 6.07) is 1.98. The molecule has 1 rings (SSSR count). The maximum atomic E-state index is 11.8. The van der Waals surface area contributed by atoms with Crippen LogP contribution in [0.1, 0.15) is 31.9 Å². The smallest absolute Gasteiger partial charge is 0.305 e. The van der Waals surface area contributed by atoms with Gasteiger partial charge in [0, 0.05) is 12.2 Å². The predicted molar refractivity (Wildman–Crippen MR) is 77.3 cm³/mol. The molecule has 0 spiro atoms. The Balaban J connectivity index is 2.99. The fourth-order valence-electron chi connectivity index (χ4n) is 1.57. The SMILES string of the molecule is CC(C)NS(=O)(=O)N[C@@H](CC(=O)O)c1ccnc(Br)c1. The van der Waals surface area contributed by atoms with Crippen molar-refractivity contribution in [2.24, 2.45) is 0 Å². The number of carboxylic acid groups (broad SMARTS) is 1. The maximum absolute atomic E-state index is 11.8. The lowest BCUT2D eigenvalue weighted by atomic mass is 10.1. The molecule has 0 radical (unpaired) electrons. The van der Waals surface area contributed by atoms with Crippen molar-refractivity contribution in [3.05, 3.63) is 28.5 Å². The van der Waals surface area contributed by atoms with E-state index in [1.807, 2.05) is 0 Å². The minimum atomic E-state index is -3.79. The van der Waals surface area contributed by atoms with Crippen LogP contribution in [0.5, 0.6) is 0 Å². The molecule has 0 unspecified atom stereocenters. The summed E-state index contributed by atoms with van der Waals surface area (Å²) in [7, 11) is -3.79. The number of aromatic nitrogens is 1. The highest BCUT2D eigenvalue weighted by Gasteiger charge is 2.22. The summed E-state index contributed by atoms with van der Waals surface area (Å²) in [6.45, 7) is 3.35. The summed E-state index contributed by atoms with van der Waals surface area (Å²) in [5.74, 6) is -1.10. The molecule has 0 saturated heterocycles. The summed E-state index contributed by atoms with van der Waals surface area (Å²) in [5, 5.41) is 8.91. The molecule has 7 nitrogen and oxygen atoms in total. The van der Waals surface area contributed by atoms with Crippen LogP contribution in [-0.2, 0) is 15.0 Å². The average molecular weight is 366 g/mol. The summed E-state index contributed by atoms with van der Waals surface area (Å²) < 4.78 is 28.9. The molecule has 0 saturated carbocycles. The molecule has 20 heavy (non-hydrogen) atoms. The Morgan fingerprint density at radius 3 is 2.60 bits per heavy atom. The fourth-order valence-corrected chi connectivity index (χ4v) is 3.23. The van der Waals surface area contributed by atoms with Gasteiger partial charge in [0.2, 0.25) is 0 Å². The van der Waals surface area contributed by atoms with Crippen molar-refractivity contribution in [2.75, 3.05) is 0 Å². The number of carbonyl (C=O) groups is 1. The molecule has 1 heterocycles. The third-order valence-corrected chi connectivity index (χ3v) is 4.03. The van der Waals surface area contributed by atoms with Crippen LogP contribution in [0.4, 0.5) is 0 Å². The number of nitrogens with one attached hydrogen (secondary N) is 2. The van der Waals surface area contributed by atoms with Gasteiger partial charge in [0.05, 0.1) is 12.5 Å². The molecule has 0 aliphatic heterocycles. The van der Waals surface area contributed by atoms with Gasteiger partial charge in [0.15, 0.2) is 0 Å². The highest BCUT2D eigenvalue weighted by molar-refractivity contribution is 9.10. The van der Waals surface area contributed by atoms with Crippen molar-refractivity contribution in [1.29, 1.82) is 0 Å². The molecule has 1 aromatic rings. The van der Waals surface area contributed by atoms with E-state index in [9.17, 15) is 13.2 Å². The van der Waals surface area contributed by atoms with Gasteiger partial charge in [-0.2, -0.15) is 17.9 Å². The lowest BCUT2D eigenvalue weighted by Crippen LogP contribution is -2.42. The summed E-state index contributed by atoms with van der Waals surface area (Å²) in [5.41, 5.74) is 0.517. The van der Waals surface area contributed by atoms with E-state index < -0.39 is 22.2 Å². The Labute approximate surface area is 126 Å². The predicted octanol–water partition coefficient (Wildman–Crippen LogP) is 1.19. The third-order valence-electron chi connectivity index (χ3n) is 2.22. The number of nitrogens with zero attached hydrogens (tertiary/aromatic N) is 1. The van der Waals surface area contributed by atoms with Gasteiger partial charge < -0.3 is 5.11 Å². The highest BCUT2D eigenvalue weighted by atomic mass is 79.9. The molecular formula is C11H16BrN3O4S. The van der Waals surface area contributed by atoms with Crippen molar-refractivity contribution >= 4 is 32.1 Å². The molecular weight excluding hydrogens is 350 g/mol. The average Bonchev–Trinajstić information content (AvgIpc) is 2.25. The molecule has 0 fully saturated rings. The number of aliphatic carboxylic acids is 1. The number of carboxylic acids is 1. The largest absolute Gasteiger partial charge is 0.481 e. The van der Waals surface area contributed by atoms with Gasteiger partial charge in [-0.3, -0.25) is 4.79 Å². The zero-order valence-corrected chi connectivity index (χ0v) is 13.4. The Morgan fingerprint density at radius 1 is 1.45 bits per heavy atom. The van der Waals surface area contributed by atoms with E-state index in [2.05, 4.69) is 30.4 Å². The van der Waals surface area contributed by atoms with Crippen molar-refractivity contribution in [1.82, 2.24) is 14.4 Å². The van der Waals surface area contributed by atoms with E-state index >= 15 is 0 Å². The first kappa shape index (κ1) is 17.0. The maximum Gasteiger partial charge on any atom is 0.305 e. The van der Waals surface area contributed by atoms with Gasteiger partial charge >= 0.3 is 5.97 Å². The van der Waals surface area contributed by atoms with Crippen LogP contribution >= 0.6 is 15.9 Å². The van der Waals surface area contributed by atoms with E-state index in [4.69, 9.17) is 5.11 Å². The zero-order chi connectivity index (χ0) is 15.3. The van der Waals surface area contributed by atoms with E-state index in [0.717, 1.165) is 0 Å². The van der Waals surface area contributed by atoms with Crippen LogP contribution < -0.4 is 9.44 Å². The molecule has 112 valence electrons. The molecule has 0 aliphatic carbocycles. The molecule has 0 amide bonds. The number of hydrogen-bond acceptors (Lipinski definition) is 4. The third kappa shape index (κ3) is 5.95. The van der Waals surface area contributed by atoms with Crippen LogP contribution in [0, 0.1) is 0 Å². The second-order valence-corrected chi connectivity index (χ2v) is 6.75. The molecule has 0 aromatic carbocycles. The summed E-state index contributed by atoms with van der Waals surface area (Å²) in [4.78, 5) is 14.8. The quantitative estimate of drug-likeness (QED) is 0.629. The summed E-state index contributed by atoms with van der Waals surface area (Å²) >= 11 is 3.17. The van der Waals surface area contributed by atoms with Gasteiger partial charge in [-0.15, -0.1) is 0 Å². The normalized spacial score (nSPS) is 13.4. The van der Waals surface area contributed by atoms with Crippen LogP contribution in [-0.4, -0.2) is 30.5 Å². The standard InChI is InChI=1S/C11H16BrN3O4S/c1-7(2)14-20(18,19)15-9(6-11(16)17)8-3-4-13-10(12)5-8/h3-5,7,9,14-15H,6H2,1-2H3,(H,16,17)/t9-/m0/s1. The molecule has 0 aliphatic rings. The van der Waals surface area contributed by atoms with Gasteiger partial charge in [-0.25, -0.2) is 4.98 Å². The molecule has 0 bridgehead atoms. The van der Waals surface area contributed by atoms with Gasteiger partial charge in [0.1, 0.15) is 4.60 Å². The number of rotatable bonds is 7. The second kappa shape index (κ2) is 7.11. The Hall–Kier alpha value is -1.03. The fraction of sp³-hybridized carbons (Fsp3) is 0.455. The van der Waals surface area contributed by atoms with Crippen LogP contribution in [0.15, 0.2) is 22.9 Å². The van der Waals surface area contributed by atoms with Crippen molar-refractivity contribution in [3.8, 4) is 0 Å². The lowest BCUT2D eigenvalue weighted by Gasteiger charge is -2.19. The molecule has 1 atom stereocenters. The van der Waals surface area contributed by atoms with E-state index in [1.54, 1.807) is 26.0 Å². The lowest BCUT2D eigenvalue weighted by molar-refractivity contribution is -0.137. The first-order valence-corrected chi connectivity index (χ1v) is 8.10. The highest BCUT2D eigenvalue weighted by Crippen LogP contribution is 2.20. The van der Waals surface area contributed by atoms with Crippen molar-refractivity contribution < 1.29 is 18.3 Å². The monoisotopic (exact) mass is 365 g/mol. The number of pyridine rings is 1. The number of halogens is 1. The van der Waals surface area contributed by atoms with Gasteiger partial charge in [-0.1, -0.05) is 0 Å². The molecule has 1 aromatic heterocycles. The topological polar surface area (TPSA) is 108 Å². The van der Waals surface area contributed by atoms with Gasteiger partial charge in [-0.05, 0) is 47.5 Å². The summed E-state index contributed by atoms with van der Waals surface area (Å²) in [6.07, 6.45) is 1.11. The van der Waals surface area contributed by atoms with E-state index in [0.29, 0.717) is 10.2 Å². The Morgan fingerprint density at radius 2 is 2.10 bits per heavy atom. The first-order valence-electron chi connectivity index (χ1n) is 5.82. The van der Waals surface area contributed by atoms with Gasteiger partial charge in [0.25, 0.3) is 10.2 Å². The minimum Gasteiger partial charge on any atom is -0.481 e. The van der Waals surface area contributed by atoms with E-state index in [-0.39, 0.29) is 12.5 Å². The van der Waals surface area contributed by atoms with Crippen LogP contribution in [0.2, 0.25) is 0 Å². The van der Waals surface area contributed by atoms with Crippen LogP contribution in [0.25, 0.3) is 0 Å². The molecule has 3 N–H and O–H groups in total. The Bertz CT molecular complexity index is 577. The van der Waals surface area contributed by atoms with Crippen LogP contribution in [0.3, 0.4) is 0 Å². The van der Waals surface area contributed by atoms with Crippen molar-refractivity contribution in [2.45, 2.75) is 32.4 Å². The number of hydrogen-bond donors (Lipinski definition) is 3. The zero-order valence-electron chi connectivity index (χ0n) is 11.0.